The zero-order chi connectivity index (χ0) is 13.4. The molecule has 0 atom stereocenters. The minimum Gasteiger partial charge on any atom is -0.491 e. The number of hydrogen-bond donors (Lipinski definition) is 1. The highest BCUT2D eigenvalue weighted by molar-refractivity contribution is 9.10. The standard InChI is InChI=1S/C14H22BrNO2/c1-11(2)9-16-10-12-8-13(15)4-5-14(12)18-7-6-17-3/h4-5,8,11,16H,6-7,9-10H2,1-3H3. The van der Waals surface area contributed by atoms with Crippen LogP contribution in [0.2, 0.25) is 0 Å². The van der Waals surface area contributed by atoms with Gasteiger partial charge in [0, 0.05) is 23.7 Å². The summed E-state index contributed by atoms with van der Waals surface area (Å²) in [6.45, 7) is 7.40. The quantitative estimate of drug-likeness (QED) is 0.747. The number of nitrogens with one attached hydrogen (secondary N) is 1. The molecule has 0 aliphatic carbocycles. The predicted molar refractivity (Wildman–Crippen MR) is 78.1 cm³/mol. The fourth-order valence-electron chi connectivity index (χ4n) is 1.56. The topological polar surface area (TPSA) is 30.5 Å². The van der Waals surface area contributed by atoms with Crippen molar-refractivity contribution in [1.82, 2.24) is 5.32 Å². The Labute approximate surface area is 118 Å². The lowest BCUT2D eigenvalue weighted by molar-refractivity contribution is 0.145. The Kier molecular flexibility index (Phi) is 7.32. The van der Waals surface area contributed by atoms with Crippen LogP contribution in [0.4, 0.5) is 0 Å². The van der Waals surface area contributed by atoms with Crippen LogP contribution in [0.3, 0.4) is 0 Å². The van der Waals surface area contributed by atoms with Crippen LogP contribution in [-0.2, 0) is 11.3 Å². The second kappa shape index (κ2) is 8.51. The molecule has 0 unspecified atom stereocenters. The average molecular weight is 316 g/mol. The summed E-state index contributed by atoms with van der Waals surface area (Å²) in [5, 5.41) is 3.43. The Bertz CT molecular complexity index is 356. The van der Waals surface area contributed by atoms with Crippen LogP contribution < -0.4 is 10.1 Å². The number of benzene rings is 1. The van der Waals surface area contributed by atoms with E-state index in [2.05, 4.69) is 41.2 Å². The summed E-state index contributed by atoms with van der Waals surface area (Å²) < 4.78 is 11.8. The minimum atomic E-state index is 0.579. The summed E-state index contributed by atoms with van der Waals surface area (Å²) in [6.07, 6.45) is 0. The fraction of sp³-hybridized carbons (Fsp3) is 0.571. The molecule has 0 aliphatic rings. The second-order valence-corrected chi connectivity index (χ2v) is 5.53. The molecule has 1 aromatic carbocycles. The molecular formula is C14H22BrNO2. The van der Waals surface area contributed by atoms with E-state index >= 15 is 0 Å². The SMILES string of the molecule is COCCOc1ccc(Br)cc1CNCC(C)C. The molecule has 0 radical (unpaired) electrons. The van der Waals surface area contributed by atoms with E-state index in [0.717, 1.165) is 23.3 Å². The summed E-state index contributed by atoms with van der Waals surface area (Å²) in [4.78, 5) is 0. The molecule has 1 rings (SSSR count). The molecule has 0 saturated carbocycles. The highest BCUT2D eigenvalue weighted by Gasteiger charge is 2.05. The fourth-order valence-corrected chi connectivity index (χ4v) is 1.97. The van der Waals surface area contributed by atoms with E-state index in [1.54, 1.807) is 7.11 Å². The van der Waals surface area contributed by atoms with Crippen molar-refractivity contribution >= 4 is 15.9 Å². The Hall–Kier alpha value is -0.580. The molecule has 0 heterocycles. The van der Waals surface area contributed by atoms with Crippen molar-refractivity contribution in [2.45, 2.75) is 20.4 Å². The van der Waals surface area contributed by atoms with Crippen LogP contribution in [0.25, 0.3) is 0 Å². The molecule has 102 valence electrons. The third-order valence-electron chi connectivity index (χ3n) is 2.44. The van der Waals surface area contributed by atoms with Gasteiger partial charge in [-0.2, -0.15) is 0 Å². The van der Waals surface area contributed by atoms with Crippen LogP contribution in [-0.4, -0.2) is 26.9 Å². The van der Waals surface area contributed by atoms with Gasteiger partial charge in [0.05, 0.1) is 6.61 Å². The first-order chi connectivity index (χ1) is 8.63. The zero-order valence-electron chi connectivity index (χ0n) is 11.3. The molecule has 0 bridgehead atoms. The second-order valence-electron chi connectivity index (χ2n) is 4.62. The minimum absolute atomic E-state index is 0.579. The van der Waals surface area contributed by atoms with E-state index in [-0.39, 0.29) is 0 Å². The molecule has 0 aromatic heterocycles. The molecule has 3 nitrogen and oxygen atoms in total. The van der Waals surface area contributed by atoms with E-state index in [1.807, 2.05) is 12.1 Å². The van der Waals surface area contributed by atoms with E-state index in [0.29, 0.717) is 19.1 Å². The molecule has 4 heteroatoms. The van der Waals surface area contributed by atoms with Crippen molar-refractivity contribution in [2.24, 2.45) is 5.92 Å². The van der Waals surface area contributed by atoms with Gasteiger partial charge in [0.2, 0.25) is 0 Å². The largest absolute Gasteiger partial charge is 0.491 e. The molecular weight excluding hydrogens is 294 g/mol. The number of ether oxygens (including phenoxy) is 2. The summed E-state index contributed by atoms with van der Waals surface area (Å²) >= 11 is 3.49. The molecule has 0 aliphatic heterocycles. The van der Waals surface area contributed by atoms with Gasteiger partial charge in [0.1, 0.15) is 12.4 Å². The summed E-state index contributed by atoms with van der Waals surface area (Å²) in [5.41, 5.74) is 1.17. The molecule has 0 spiro atoms. The first-order valence-corrected chi connectivity index (χ1v) is 7.03. The molecule has 1 N–H and O–H groups in total. The van der Waals surface area contributed by atoms with Crippen LogP contribution in [0, 0.1) is 5.92 Å². The first-order valence-electron chi connectivity index (χ1n) is 6.24. The number of methoxy groups -OCH3 is 1. The van der Waals surface area contributed by atoms with Crippen molar-refractivity contribution in [1.29, 1.82) is 0 Å². The smallest absolute Gasteiger partial charge is 0.123 e. The lowest BCUT2D eigenvalue weighted by atomic mass is 10.2. The average Bonchev–Trinajstić information content (AvgIpc) is 2.31. The lowest BCUT2D eigenvalue weighted by Crippen LogP contribution is -2.19. The van der Waals surface area contributed by atoms with Crippen molar-refractivity contribution in [3.05, 3.63) is 28.2 Å². The van der Waals surface area contributed by atoms with Gasteiger partial charge in [-0.15, -0.1) is 0 Å². The monoisotopic (exact) mass is 315 g/mol. The van der Waals surface area contributed by atoms with Crippen LogP contribution in [0.15, 0.2) is 22.7 Å². The highest BCUT2D eigenvalue weighted by atomic mass is 79.9. The third-order valence-corrected chi connectivity index (χ3v) is 2.93. The summed E-state index contributed by atoms with van der Waals surface area (Å²) in [5.74, 6) is 1.57. The molecule has 0 fully saturated rings. The van der Waals surface area contributed by atoms with Gasteiger partial charge in [-0.05, 0) is 30.7 Å². The van der Waals surface area contributed by atoms with Crippen molar-refractivity contribution in [3.8, 4) is 5.75 Å². The van der Waals surface area contributed by atoms with Crippen LogP contribution in [0.1, 0.15) is 19.4 Å². The zero-order valence-corrected chi connectivity index (χ0v) is 12.9. The Morgan fingerprint density at radius 3 is 2.72 bits per heavy atom. The Balaban J connectivity index is 2.58. The number of rotatable bonds is 8. The van der Waals surface area contributed by atoms with Gasteiger partial charge in [-0.3, -0.25) is 0 Å². The maximum absolute atomic E-state index is 5.70. The van der Waals surface area contributed by atoms with Gasteiger partial charge in [0.25, 0.3) is 0 Å². The summed E-state index contributed by atoms with van der Waals surface area (Å²) in [7, 11) is 1.68. The molecule has 1 aromatic rings. The van der Waals surface area contributed by atoms with Crippen molar-refractivity contribution < 1.29 is 9.47 Å². The van der Waals surface area contributed by atoms with Gasteiger partial charge >= 0.3 is 0 Å². The summed E-state index contributed by atoms with van der Waals surface area (Å²) in [6, 6.07) is 6.08. The van der Waals surface area contributed by atoms with Crippen LogP contribution >= 0.6 is 15.9 Å². The van der Waals surface area contributed by atoms with E-state index in [1.165, 1.54) is 5.56 Å². The van der Waals surface area contributed by atoms with E-state index in [4.69, 9.17) is 9.47 Å². The van der Waals surface area contributed by atoms with Gasteiger partial charge in [0.15, 0.2) is 0 Å². The van der Waals surface area contributed by atoms with Gasteiger partial charge in [-0.1, -0.05) is 29.8 Å². The molecule has 0 amide bonds. The number of hydrogen-bond acceptors (Lipinski definition) is 3. The molecule has 0 saturated heterocycles. The Morgan fingerprint density at radius 1 is 1.28 bits per heavy atom. The maximum Gasteiger partial charge on any atom is 0.123 e. The first kappa shape index (κ1) is 15.5. The Morgan fingerprint density at radius 2 is 2.06 bits per heavy atom. The highest BCUT2D eigenvalue weighted by Crippen LogP contribution is 2.23. The van der Waals surface area contributed by atoms with Gasteiger partial charge in [-0.25, -0.2) is 0 Å². The predicted octanol–water partition coefficient (Wildman–Crippen LogP) is 3.22. The van der Waals surface area contributed by atoms with Crippen molar-refractivity contribution in [2.75, 3.05) is 26.9 Å². The molecule has 18 heavy (non-hydrogen) atoms. The van der Waals surface area contributed by atoms with Gasteiger partial charge < -0.3 is 14.8 Å². The normalized spacial score (nSPS) is 10.9. The van der Waals surface area contributed by atoms with E-state index < -0.39 is 0 Å². The third kappa shape index (κ3) is 5.85. The van der Waals surface area contributed by atoms with Crippen molar-refractivity contribution in [3.63, 3.8) is 0 Å². The number of halogens is 1. The lowest BCUT2D eigenvalue weighted by Gasteiger charge is -2.13. The maximum atomic E-state index is 5.70. The van der Waals surface area contributed by atoms with E-state index in [9.17, 15) is 0 Å². The van der Waals surface area contributed by atoms with Crippen LogP contribution in [0.5, 0.6) is 5.75 Å².